The summed E-state index contributed by atoms with van der Waals surface area (Å²) in [5.41, 5.74) is 8.48. The van der Waals surface area contributed by atoms with Crippen LogP contribution in [0.15, 0.2) is 34.7 Å². The van der Waals surface area contributed by atoms with E-state index in [1.807, 2.05) is 26.1 Å². The van der Waals surface area contributed by atoms with Crippen LogP contribution in [0, 0.1) is 11.3 Å². The molecule has 0 radical (unpaired) electrons. The lowest BCUT2D eigenvalue weighted by Crippen LogP contribution is -2.55. The van der Waals surface area contributed by atoms with E-state index in [-0.39, 0.29) is 29.7 Å². The smallest absolute Gasteiger partial charge is 0.450 e. The predicted molar refractivity (Wildman–Crippen MR) is 144 cm³/mol. The van der Waals surface area contributed by atoms with Crippen LogP contribution in [0.1, 0.15) is 43.7 Å². The Hall–Kier alpha value is -3.16. The Morgan fingerprint density at radius 2 is 2.00 bits per heavy atom. The summed E-state index contributed by atoms with van der Waals surface area (Å²) >= 11 is 0. The number of guanidine groups is 1. The fraction of sp³-hybridized carbons (Fsp3) is 0.577. The first-order valence-electron chi connectivity index (χ1n) is 13.2. The molecule has 1 aromatic rings. The minimum Gasteiger partial charge on any atom is -0.450 e. The predicted octanol–water partition coefficient (Wildman–Crippen LogP) is 1.52. The number of hydrogen-bond donors (Lipinski definition) is 4. The highest BCUT2D eigenvalue weighted by atomic mass is 32.2. The van der Waals surface area contributed by atoms with Gasteiger partial charge in [0.2, 0.25) is 15.9 Å². The third-order valence-corrected chi connectivity index (χ3v) is 9.12. The van der Waals surface area contributed by atoms with Crippen molar-refractivity contribution >= 4 is 28.0 Å². The lowest BCUT2D eigenvalue weighted by Gasteiger charge is -2.39. The molecule has 0 spiro atoms. The molecular formula is C26H38N6O6S. The van der Waals surface area contributed by atoms with Crippen molar-refractivity contribution in [2.45, 2.75) is 62.7 Å². The summed E-state index contributed by atoms with van der Waals surface area (Å²) in [6.07, 6.45) is 1.91. The first-order valence-corrected chi connectivity index (χ1v) is 14.7. The number of ether oxygens (including phenoxy) is 1. The number of fused-ring (bicyclic) bond motifs is 1. The van der Waals surface area contributed by atoms with Crippen molar-refractivity contribution in [3.8, 4) is 0 Å². The SMILES string of the molecule is C[C@@H]1CCN(C(=O)[C@H](CC2=CCCN(C(=N)N)C2)NS(=O)(=O)c2ccc3c(c2)CN(C)CC3)[C@H](OC(=O)O)C1. The average Bonchev–Trinajstić information content (AvgIpc) is 2.87. The summed E-state index contributed by atoms with van der Waals surface area (Å²) in [7, 11) is -2.13. The zero-order valence-corrected chi connectivity index (χ0v) is 23.2. The Morgan fingerprint density at radius 3 is 2.72 bits per heavy atom. The first kappa shape index (κ1) is 28.8. The van der Waals surface area contributed by atoms with Gasteiger partial charge in [-0.05, 0) is 61.9 Å². The van der Waals surface area contributed by atoms with E-state index in [1.165, 1.54) is 4.90 Å². The summed E-state index contributed by atoms with van der Waals surface area (Å²) in [5, 5.41) is 17.0. The molecule has 1 saturated heterocycles. The van der Waals surface area contributed by atoms with E-state index in [9.17, 15) is 23.1 Å². The second kappa shape index (κ2) is 11.9. The van der Waals surface area contributed by atoms with Crippen LogP contribution in [0.3, 0.4) is 0 Å². The minimum absolute atomic E-state index is 0.0569. The molecule has 0 aliphatic carbocycles. The maximum absolute atomic E-state index is 13.9. The van der Waals surface area contributed by atoms with Gasteiger partial charge in [0.05, 0.1) is 4.90 Å². The maximum Gasteiger partial charge on any atom is 0.507 e. The van der Waals surface area contributed by atoms with Crippen molar-refractivity contribution in [2.24, 2.45) is 11.7 Å². The molecular weight excluding hydrogens is 524 g/mol. The largest absolute Gasteiger partial charge is 0.507 e. The van der Waals surface area contributed by atoms with Gasteiger partial charge < -0.3 is 30.3 Å². The molecule has 0 unspecified atom stereocenters. The Labute approximate surface area is 229 Å². The van der Waals surface area contributed by atoms with Crippen LogP contribution in [-0.2, 0) is 32.5 Å². The molecule has 13 heteroatoms. The van der Waals surface area contributed by atoms with Crippen molar-refractivity contribution in [1.82, 2.24) is 19.4 Å². The molecule has 39 heavy (non-hydrogen) atoms. The van der Waals surface area contributed by atoms with Gasteiger partial charge in [-0.1, -0.05) is 24.6 Å². The van der Waals surface area contributed by atoms with Crippen LogP contribution in [0.4, 0.5) is 4.79 Å². The molecule has 3 atom stereocenters. The van der Waals surface area contributed by atoms with E-state index < -0.39 is 34.4 Å². The van der Waals surface area contributed by atoms with Crippen LogP contribution in [0.5, 0.6) is 0 Å². The number of rotatable bonds is 7. The normalized spacial score (nSPS) is 23.0. The van der Waals surface area contributed by atoms with Gasteiger partial charge in [-0.25, -0.2) is 13.2 Å². The molecule has 1 amide bonds. The molecule has 3 aliphatic rings. The number of likely N-dealkylation sites (N-methyl/N-ethyl adjacent to an activating group) is 1. The number of nitrogens with one attached hydrogen (secondary N) is 2. The number of sulfonamides is 1. The number of piperidine rings is 1. The zero-order chi connectivity index (χ0) is 28.3. The Balaban J connectivity index is 1.62. The van der Waals surface area contributed by atoms with Crippen molar-refractivity contribution in [3.63, 3.8) is 0 Å². The summed E-state index contributed by atoms with van der Waals surface area (Å²) in [5.74, 6) is -0.495. The molecule has 1 aromatic carbocycles. The summed E-state index contributed by atoms with van der Waals surface area (Å²) < 4.78 is 34.9. The van der Waals surface area contributed by atoms with Gasteiger partial charge >= 0.3 is 6.16 Å². The van der Waals surface area contributed by atoms with Crippen LogP contribution >= 0.6 is 0 Å². The number of nitrogens with zero attached hydrogens (tertiary/aromatic N) is 3. The van der Waals surface area contributed by atoms with Gasteiger partial charge in [0, 0.05) is 39.1 Å². The number of carboxylic acid groups (broad SMARTS) is 1. The van der Waals surface area contributed by atoms with Crippen LogP contribution in [-0.4, -0.2) is 91.7 Å². The summed E-state index contributed by atoms with van der Waals surface area (Å²) in [4.78, 5) is 30.4. The zero-order valence-electron chi connectivity index (χ0n) is 22.4. The lowest BCUT2D eigenvalue weighted by molar-refractivity contribution is -0.149. The van der Waals surface area contributed by atoms with E-state index in [0.29, 0.717) is 38.9 Å². The number of likely N-dealkylation sites (tertiary alicyclic amines) is 1. The van der Waals surface area contributed by atoms with E-state index in [4.69, 9.17) is 15.9 Å². The number of benzene rings is 1. The Morgan fingerprint density at radius 1 is 1.23 bits per heavy atom. The van der Waals surface area contributed by atoms with Gasteiger partial charge in [-0.15, -0.1) is 0 Å². The van der Waals surface area contributed by atoms with Crippen molar-refractivity contribution in [2.75, 3.05) is 33.2 Å². The standard InChI is InChI=1S/C26H38N6O6S/c1-17-7-11-32(23(12-17)38-26(34)35)24(33)22(13-18-4-3-9-31(15-18)25(27)28)29-39(36,37)21-6-5-19-8-10-30(2)16-20(19)14-21/h4-6,14,17,22-23,29H,3,7-13,15-16H2,1-2H3,(H3,27,28)(H,34,35)/t17-,22+,23-/m1/s1. The molecule has 1 fully saturated rings. The van der Waals surface area contributed by atoms with Crippen molar-refractivity contribution in [3.05, 3.63) is 41.0 Å². The molecule has 0 aromatic heterocycles. The molecule has 3 heterocycles. The number of amides is 1. The molecule has 5 N–H and O–H groups in total. The van der Waals surface area contributed by atoms with Gasteiger partial charge in [0.15, 0.2) is 12.2 Å². The second-order valence-electron chi connectivity index (χ2n) is 10.8. The minimum atomic E-state index is -4.11. The van der Waals surface area contributed by atoms with E-state index in [2.05, 4.69) is 9.62 Å². The Bertz CT molecular complexity index is 1250. The third kappa shape index (κ3) is 7.08. The Kier molecular flexibility index (Phi) is 8.82. The van der Waals surface area contributed by atoms with Gasteiger partial charge in [-0.3, -0.25) is 10.2 Å². The number of nitrogens with two attached hydrogens (primary N) is 1. The summed E-state index contributed by atoms with van der Waals surface area (Å²) in [6, 6.07) is 3.85. The molecule has 0 bridgehead atoms. The highest BCUT2D eigenvalue weighted by Gasteiger charge is 2.38. The topological polar surface area (TPSA) is 169 Å². The van der Waals surface area contributed by atoms with Crippen molar-refractivity contribution in [1.29, 1.82) is 5.41 Å². The number of carbonyl (C=O) groups excluding carboxylic acids is 1. The molecule has 12 nitrogen and oxygen atoms in total. The van der Waals surface area contributed by atoms with E-state index in [0.717, 1.165) is 29.7 Å². The van der Waals surface area contributed by atoms with Crippen LogP contribution in [0.25, 0.3) is 0 Å². The molecule has 214 valence electrons. The van der Waals surface area contributed by atoms with E-state index >= 15 is 0 Å². The van der Waals surface area contributed by atoms with Crippen molar-refractivity contribution < 1.29 is 27.9 Å². The number of hydrogen-bond acceptors (Lipinski definition) is 7. The average molecular weight is 563 g/mol. The number of carbonyl (C=O) groups is 2. The second-order valence-corrected chi connectivity index (χ2v) is 12.5. The first-order chi connectivity index (χ1) is 18.4. The monoisotopic (exact) mass is 562 g/mol. The highest BCUT2D eigenvalue weighted by molar-refractivity contribution is 7.89. The maximum atomic E-state index is 13.9. The van der Waals surface area contributed by atoms with Crippen LogP contribution in [0.2, 0.25) is 0 Å². The van der Waals surface area contributed by atoms with Gasteiger partial charge in [-0.2, -0.15) is 4.72 Å². The van der Waals surface area contributed by atoms with E-state index in [1.54, 1.807) is 17.0 Å². The molecule has 4 rings (SSSR count). The van der Waals surface area contributed by atoms with Crippen LogP contribution < -0.4 is 10.5 Å². The quantitative estimate of drug-likeness (QED) is 0.167. The molecule has 3 aliphatic heterocycles. The van der Waals surface area contributed by atoms with Gasteiger partial charge in [0.25, 0.3) is 0 Å². The highest BCUT2D eigenvalue weighted by Crippen LogP contribution is 2.27. The third-order valence-electron chi connectivity index (χ3n) is 7.65. The molecule has 0 saturated carbocycles. The fourth-order valence-corrected chi connectivity index (χ4v) is 6.72. The van der Waals surface area contributed by atoms with Gasteiger partial charge in [0.1, 0.15) is 6.04 Å². The summed E-state index contributed by atoms with van der Waals surface area (Å²) in [6.45, 7) is 4.60. The fourth-order valence-electron chi connectivity index (χ4n) is 5.48. The lowest BCUT2D eigenvalue weighted by atomic mass is 9.95.